The molecule has 1 aliphatic rings. The number of carboxylic acid groups (broad SMARTS) is 1. The third kappa shape index (κ3) is 3.47. The zero-order valence-corrected chi connectivity index (χ0v) is 16.2. The molecular formula is C24H21NO4. The van der Waals surface area contributed by atoms with Gasteiger partial charge in [0.05, 0.1) is 5.56 Å². The number of carboxylic acids is 1. The highest BCUT2D eigenvalue weighted by Crippen LogP contribution is 2.44. The molecule has 0 aliphatic heterocycles. The lowest BCUT2D eigenvalue weighted by molar-refractivity contribution is 0.0696. The molecular weight excluding hydrogens is 366 g/mol. The Morgan fingerprint density at radius 1 is 0.931 bits per heavy atom. The van der Waals surface area contributed by atoms with E-state index in [1.165, 1.54) is 11.1 Å². The number of anilines is 1. The Balaban J connectivity index is 1.50. The van der Waals surface area contributed by atoms with Gasteiger partial charge in [-0.25, -0.2) is 9.59 Å². The largest absolute Gasteiger partial charge is 0.478 e. The molecule has 0 atom stereocenters. The van der Waals surface area contributed by atoms with E-state index in [0.717, 1.165) is 11.1 Å². The van der Waals surface area contributed by atoms with Gasteiger partial charge in [0.25, 0.3) is 0 Å². The number of benzene rings is 3. The van der Waals surface area contributed by atoms with Crippen molar-refractivity contribution in [3.63, 3.8) is 0 Å². The molecule has 0 aromatic heterocycles. The summed E-state index contributed by atoms with van der Waals surface area (Å²) in [6.45, 7) is 3.68. The third-order valence-corrected chi connectivity index (χ3v) is 5.38. The first kappa shape index (κ1) is 18.7. The van der Waals surface area contributed by atoms with Crippen molar-refractivity contribution in [1.29, 1.82) is 0 Å². The second kappa shape index (κ2) is 7.43. The van der Waals surface area contributed by atoms with Crippen LogP contribution in [0.3, 0.4) is 0 Å². The highest BCUT2D eigenvalue weighted by Gasteiger charge is 2.29. The van der Waals surface area contributed by atoms with Gasteiger partial charge in [-0.1, -0.05) is 48.5 Å². The summed E-state index contributed by atoms with van der Waals surface area (Å²) in [6, 6.07) is 19.5. The highest BCUT2D eigenvalue weighted by molar-refractivity contribution is 5.92. The first-order valence-electron chi connectivity index (χ1n) is 9.42. The van der Waals surface area contributed by atoms with Gasteiger partial charge >= 0.3 is 12.1 Å². The fourth-order valence-corrected chi connectivity index (χ4v) is 3.93. The molecule has 146 valence electrons. The standard InChI is InChI=1S/C24H21NO4/c1-14-12-22(15(2)11-20(14)23(26)27)25-24(28)29-13-21-18-9-5-3-7-16(18)17-8-4-6-10-19(17)21/h3-12,21H,13H2,1-2H3,(H,25,28)(H,26,27). The zero-order chi connectivity index (χ0) is 20.5. The smallest absolute Gasteiger partial charge is 0.411 e. The number of aromatic carboxylic acids is 1. The lowest BCUT2D eigenvalue weighted by atomic mass is 9.98. The molecule has 0 saturated heterocycles. The van der Waals surface area contributed by atoms with Crippen LogP contribution in [0.1, 0.15) is 38.5 Å². The van der Waals surface area contributed by atoms with E-state index >= 15 is 0 Å². The van der Waals surface area contributed by atoms with Gasteiger partial charge in [0.1, 0.15) is 6.61 Å². The molecule has 29 heavy (non-hydrogen) atoms. The topological polar surface area (TPSA) is 75.6 Å². The van der Waals surface area contributed by atoms with Crippen molar-refractivity contribution in [3.8, 4) is 11.1 Å². The van der Waals surface area contributed by atoms with Crippen molar-refractivity contribution in [2.75, 3.05) is 11.9 Å². The Bertz CT molecular complexity index is 1070. The summed E-state index contributed by atoms with van der Waals surface area (Å²) in [4.78, 5) is 23.7. The molecule has 0 spiro atoms. The second-order valence-corrected chi connectivity index (χ2v) is 7.24. The summed E-state index contributed by atoms with van der Waals surface area (Å²) in [5, 5.41) is 12.0. The molecule has 5 nitrogen and oxygen atoms in total. The van der Waals surface area contributed by atoms with E-state index in [1.54, 1.807) is 26.0 Å². The van der Waals surface area contributed by atoms with Crippen molar-refractivity contribution >= 4 is 17.7 Å². The number of ether oxygens (including phenoxy) is 1. The van der Waals surface area contributed by atoms with Gasteiger partial charge in [0, 0.05) is 11.6 Å². The summed E-state index contributed by atoms with van der Waals surface area (Å²) in [5.74, 6) is -0.997. The molecule has 0 heterocycles. The lowest BCUT2D eigenvalue weighted by Crippen LogP contribution is -2.18. The molecule has 0 saturated carbocycles. The van der Waals surface area contributed by atoms with E-state index in [9.17, 15) is 14.7 Å². The van der Waals surface area contributed by atoms with Crippen LogP contribution >= 0.6 is 0 Å². The summed E-state index contributed by atoms with van der Waals surface area (Å²) in [6.07, 6.45) is -0.558. The van der Waals surface area contributed by atoms with Crippen LogP contribution in [0, 0.1) is 13.8 Å². The van der Waals surface area contributed by atoms with E-state index < -0.39 is 12.1 Å². The molecule has 1 amide bonds. The van der Waals surface area contributed by atoms with Crippen LogP contribution in [0.5, 0.6) is 0 Å². The maximum atomic E-state index is 12.4. The predicted molar refractivity (Wildman–Crippen MR) is 112 cm³/mol. The summed E-state index contributed by atoms with van der Waals surface area (Å²) < 4.78 is 5.55. The predicted octanol–water partition coefficient (Wildman–Crippen LogP) is 5.36. The quantitative estimate of drug-likeness (QED) is 0.632. The minimum Gasteiger partial charge on any atom is -0.478 e. The Labute approximate surface area is 169 Å². The van der Waals surface area contributed by atoms with Gasteiger partial charge < -0.3 is 9.84 Å². The average Bonchev–Trinajstić information content (AvgIpc) is 3.02. The highest BCUT2D eigenvalue weighted by atomic mass is 16.5. The number of nitrogens with one attached hydrogen (secondary N) is 1. The molecule has 0 bridgehead atoms. The summed E-state index contributed by atoms with van der Waals surface area (Å²) in [5.41, 5.74) is 6.67. The van der Waals surface area contributed by atoms with Crippen LogP contribution in [-0.2, 0) is 4.74 Å². The maximum absolute atomic E-state index is 12.4. The zero-order valence-electron chi connectivity index (χ0n) is 16.2. The van der Waals surface area contributed by atoms with E-state index in [4.69, 9.17) is 4.74 Å². The van der Waals surface area contributed by atoms with Crippen molar-refractivity contribution in [2.24, 2.45) is 0 Å². The van der Waals surface area contributed by atoms with Crippen molar-refractivity contribution in [2.45, 2.75) is 19.8 Å². The van der Waals surface area contributed by atoms with E-state index in [0.29, 0.717) is 16.8 Å². The monoisotopic (exact) mass is 387 g/mol. The van der Waals surface area contributed by atoms with Crippen molar-refractivity contribution in [1.82, 2.24) is 0 Å². The van der Waals surface area contributed by atoms with Crippen LogP contribution in [0.2, 0.25) is 0 Å². The summed E-state index contributed by atoms with van der Waals surface area (Å²) >= 11 is 0. The first-order valence-corrected chi connectivity index (χ1v) is 9.42. The molecule has 3 aromatic carbocycles. The number of aryl methyl sites for hydroxylation is 2. The molecule has 2 N–H and O–H groups in total. The average molecular weight is 387 g/mol. The number of carbonyl (C=O) groups excluding carboxylic acids is 1. The fraction of sp³-hybridized carbons (Fsp3) is 0.167. The second-order valence-electron chi connectivity index (χ2n) is 7.24. The molecule has 0 radical (unpaired) electrons. The minimum absolute atomic E-state index is 0.00892. The third-order valence-electron chi connectivity index (χ3n) is 5.38. The van der Waals surface area contributed by atoms with Gasteiger partial charge in [0.2, 0.25) is 0 Å². The number of carbonyl (C=O) groups is 2. The van der Waals surface area contributed by atoms with E-state index in [2.05, 4.69) is 29.6 Å². The van der Waals surface area contributed by atoms with Crippen LogP contribution < -0.4 is 5.32 Å². The number of fused-ring (bicyclic) bond motifs is 3. The van der Waals surface area contributed by atoms with E-state index in [1.807, 2.05) is 24.3 Å². The summed E-state index contributed by atoms with van der Waals surface area (Å²) in [7, 11) is 0. The van der Waals surface area contributed by atoms with Crippen LogP contribution in [0.25, 0.3) is 11.1 Å². The number of amides is 1. The number of hydrogen-bond donors (Lipinski definition) is 2. The van der Waals surface area contributed by atoms with E-state index in [-0.39, 0.29) is 18.1 Å². The van der Waals surface area contributed by atoms with Crippen LogP contribution in [0.15, 0.2) is 60.7 Å². The molecule has 5 heteroatoms. The normalized spacial score (nSPS) is 12.2. The Kier molecular flexibility index (Phi) is 4.80. The Morgan fingerprint density at radius 2 is 1.52 bits per heavy atom. The molecule has 0 unspecified atom stereocenters. The molecule has 0 fully saturated rings. The molecule has 1 aliphatic carbocycles. The number of hydrogen-bond acceptors (Lipinski definition) is 3. The van der Waals surface area contributed by atoms with Crippen LogP contribution in [-0.4, -0.2) is 23.8 Å². The molecule has 3 aromatic rings. The van der Waals surface area contributed by atoms with Gasteiger partial charge in [-0.05, 0) is 59.4 Å². The number of rotatable bonds is 4. The Hall–Kier alpha value is -3.60. The lowest BCUT2D eigenvalue weighted by Gasteiger charge is -2.16. The first-order chi connectivity index (χ1) is 14.0. The minimum atomic E-state index is -0.988. The Morgan fingerprint density at radius 3 is 2.10 bits per heavy atom. The van der Waals surface area contributed by atoms with Gasteiger partial charge in [-0.15, -0.1) is 0 Å². The van der Waals surface area contributed by atoms with Crippen molar-refractivity contribution in [3.05, 3.63) is 88.5 Å². The van der Waals surface area contributed by atoms with Gasteiger partial charge in [-0.2, -0.15) is 0 Å². The van der Waals surface area contributed by atoms with Gasteiger partial charge in [0.15, 0.2) is 0 Å². The molecule has 4 rings (SSSR count). The van der Waals surface area contributed by atoms with Crippen molar-refractivity contribution < 1.29 is 19.4 Å². The van der Waals surface area contributed by atoms with Crippen LogP contribution in [0.4, 0.5) is 10.5 Å². The fourth-order valence-electron chi connectivity index (χ4n) is 3.93. The maximum Gasteiger partial charge on any atom is 0.411 e. The SMILES string of the molecule is Cc1cc(C(=O)O)c(C)cc1NC(=O)OCC1c2ccccc2-c2ccccc21. The van der Waals surface area contributed by atoms with Gasteiger partial charge in [-0.3, -0.25) is 5.32 Å².